The average molecular weight is 451 g/mol. The summed E-state index contributed by atoms with van der Waals surface area (Å²) in [6.45, 7) is 0.111. The van der Waals surface area contributed by atoms with Crippen LogP contribution in [-0.4, -0.2) is 22.4 Å². The van der Waals surface area contributed by atoms with E-state index < -0.39 is 11.4 Å². The Hall–Kier alpha value is -4.64. The summed E-state index contributed by atoms with van der Waals surface area (Å²) >= 11 is 0. The Kier molecular flexibility index (Phi) is 4.23. The van der Waals surface area contributed by atoms with E-state index >= 15 is 4.39 Å². The van der Waals surface area contributed by atoms with Crippen LogP contribution in [0, 0.1) is 17.1 Å². The molecule has 4 aromatic rings. The van der Waals surface area contributed by atoms with Gasteiger partial charge in [-0.2, -0.15) is 10.4 Å². The van der Waals surface area contributed by atoms with Crippen LogP contribution in [0.5, 0.6) is 11.5 Å². The predicted octanol–water partition coefficient (Wildman–Crippen LogP) is 4.46. The maximum atomic E-state index is 15.4. The Morgan fingerprint density at radius 2 is 1.88 bits per heavy atom. The summed E-state index contributed by atoms with van der Waals surface area (Å²) in [5.74, 6) is 0.0667. The first-order valence-corrected chi connectivity index (χ1v) is 10.6. The first-order valence-electron chi connectivity index (χ1n) is 10.6. The lowest BCUT2D eigenvalue weighted by molar-refractivity contribution is 0.262. The predicted molar refractivity (Wildman–Crippen MR) is 124 cm³/mol. The molecule has 1 unspecified atom stereocenters. The molecule has 0 saturated carbocycles. The molecular weight excluding hydrogens is 433 g/mol. The monoisotopic (exact) mass is 451 g/mol. The number of aliphatic imine (C=N–C) groups is 1. The van der Waals surface area contributed by atoms with E-state index in [4.69, 9.17) is 15.2 Å². The SMILES string of the molecule is Cn1cc(-c2cc(F)c3c(c2)C2(COC(N)=N2)c2cc(-c4cccc(C#N)c4)ccc2O3)cn1. The summed E-state index contributed by atoms with van der Waals surface area (Å²) in [5.41, 5.74) is 9.85. The van der Waals surface area contributed by atoms with Crippen molar-refractivity contribution in [2.75, 3.05) is 6.61 Å². The quantitative estimate of drug-likeness (QED) is 0.485. The average Bonchev–Trinajstić information content (AvgIpc) is 3.46. The number of benzene rings is 3. The maximum Gasteiger partial charge on any atom is 0.283 e. The number of hydrogen-bond donors (Lipinski definition) is 1. The molecule has 0 radical (unpaired) electrons. The van der Waals surface area contributed by atoms with Crippen LogP contribution in [0.4, 0.5) is 4.39 Å². The van der Waals surface area contributed by atoms with Gasteiger partial charge in [0.2, 0.25) is 0 Å². The highest BCUT2D eigenvalue weighted by Gasteiger charge is 2.48. The molecule has 166 valence electrons. The molecule has 3 aromatic carbocycles. The topological polar surface area (TPSA) is 98.5 Å². The molecule has 2 aliphatic heterocycles. The highest BCUT2D eigenvalue weighted by molar-refractivity contribution is 5.79. The molecule has 0 fully saturated rings. The molecule has 8 heteroatoms. The van der Waals surface area contributed by atoms with Gasteiger partial charge in [0, 0.05) is 29.9 Å². The number of ether oxygens (including phenoxy) is 2. The summed E-state index contributed by atoms with van der Waals surface area (Å²) in [4.78, 5) is 4.66. The highest BCUT2D eigenvalue weighted by atomic mass is 19.1. The molecule has 0 bridgehead atoms. The molecule has 1 atom stereocenters. The Morgan fingerprint density at radius 3 is 2.62 bits per heavy atom. The number of nitriles is 1. The number of rotatable bonds is 2. The van der Waals surface area contributed by atoms with Gasteiger partial charge in [-0.05, 0) is 53.1 Å². The number of nitrogens with two attached hydrogens (primary N) is 1. The fraction of sp³-hybridized carbons (Fsp3) is 0.115. The van der Waals surface area contributed by atoms with Crippen molar-refractivity contribution in [3.05, 3.63) is 89.5 Å². The van der Waals surface area contributed by atoms with Gasteiger partial charge >= 0.3 is 0 Å². The zero-order valence-electron chi connectivity index (χ0n) is 18.1. The minimum Gasteiger partial charge on any atom is -0.462 e. The van der Waals surface area contributed by atoms with Crippen LogP contribution in [-0.2, 0) is 17.3 Å². The standard InChI is InChI=1S/C26H18FN5O2/c1-32-13-19(12-30-32)18-9-21-24(22(27)10-18)34-23-6-5-17(16-4-2-3-15(7-16)11-28)8-20(23)26(21)14-33-25(29)31-26/h2-10,12-13H,14H2,1H3,(H2,29,31). The van der Waals surface area contributed by atoms with E-state index in [2.05, 4.69) is 16.2 Å². The summed E-state index contributed by atoms with van der Waals surface area (Å²) in [5, 5.41) is 13.5. The molecule has 7 nitrogen and oxygen atoms in total. The number of fused-ring (bicyclic) bond motifs is 4. The van der Waals surface area contributed by atoms with Crippen LogP contribution < -0.4 is 10.5 Å². The molecular formula is C26H18FN5O2. The highest BCUT2D eigenvalue weighted by Crippen LogP contribution is 2.53. The van der Waals surface area contributed by atoms with Gasteiger partial charge < -0.3 is 15.2 Å². The van der Waals surface area contributed by atoms with Crippen molar-refractivity contribution in [1.82, 2.24) is 9.78 Å². The second-order valence-corrected chi connectivity index (χ2v) is 8.34. The van der Waals surface area contributed by atoms with Crippen molar-refractivity contribution in [2.24, 2.45) is 17.8 Å². The van der Waals surface area contributed by atoms with Gasteiger partial charge in [-0.15, -0.1) is 0 Å². The number of aromatic nitrogens is 2. The lowest BCUT2D eigenvalue weighted by atomic mass is 9.79. The summed E-state index contributed by atoms with van der Waals surface area (Å²) in [6.07, 6.45) is 3.49. The van der Waals surface area contributed by atoms with Gasteiger partial charge in [0.15, 0.2) is 17.1 Å². The second-order valence-electron chi connectivity index (χ2n) is 8.34. The molecule has 34 heavy (non-hydrogen) atoms. The van der Waals surface area contributed by atoms with Crippen LogP contribution >= 0.6 is 0 Å². The van der Waals surface area contributed by atoms with Crippen molar-refractivity contribution in [3.63, 3.8) is 0 Å². The number of hydrogen-bond acceptors (Lipinski definition) is 6. The Labute approximate surface area is 194 Å². The first-order chi connectivity index (χ1) is 16.5. The number of nitrogens with zero attached hydrogens (tertiary/aromatic N) is 4. The zero-order chi connectivity index (χ0) is 23.4. The molecule has 0 saturated heterocycles. The van der Waals surface area contributed by atoms with Crippen LogP contribution in [0.25, 0.3) is 22.3 Å². The minimum atomic E-state index is -1.07. The van der Waals surface area contributed by atoms with E-state index in [-0.39, 0.29) is 18.4 Å². The number of amidine groups is 1. The van der Waals surface area contributed by atoms with E-state index in [1.54, 1.807) is 30.1 Å². The number of halogens is 1. The van der Waals surface area contributed by atoms with Gasteiger partial charge in [0.1, 0.15) is 12.4 Å². The van der Waals surface area contributed by atoms with E-state index in [1.165, 1.54) is 6.07 Å². The lowest BCUT2D eigenvalue weighted by Crippen LogP contribution is -2.31. The largest absolute Gasteiger partial charge is 0.462 e. The molecule has 2 N–H and O–H groups in total. The van der Waals surface area contributed by atoms with Crippen molar-refractivity contribution in [2.45, 2.75) is 5.54 Å². The summed E-state index contributed by atoms with van der Waals surface area (Å²) in [6, 6.07) is 18.4. The van der Waals surface area contributed by atoms with Crippen LogP contribution in [0.1, 0.15) is 16.7 Å². The summed E-state index contributed by atoms with van der Waals surface area (Å²) in [7, 11) is 1.80. The fourth-order valence-corrected chi connectivity index (χ4v) is 4.59. The van der Waals surface area contributed by atoms with Crippen molar-refractivity contribution < 1.29 is 13.9 Å². The summed E-state index contributed by atoms with van der Waals surface area (Å²) < 4.78 is 28.7. The normalized spacial score (nSPS) is 17.9. The van der Waals surface area contributed by atoms with Crippen molar-refractivity contribution >= 4 is 6.02 Å². The molecule has 1 aromatic heterocycles. The smallest absolute Gasteiger partial charge is 0.283 e. The Bertz CT molecular complexity index is 1550. The Morgan fingerprint density at radius 1 is 1.06 bits per heavy atom. The van der Waals surface area contributed by atoms with E-state index in [1.807, 2.05) is 42.6 Å². The third-order valence-electron chi connectivity index (χ3n) is 6.22. The van der Waals surface area contributed by atoms with Gasteiger partial charge in [0.05, 0.1) is 17.8 Å². The first kappa shape index (κ1) is 20.0. The van der Waals surface area contributed by atoms with Crippen LogP contribution in [0.15, 0.2) is 72.0 Å². The van der Waals surface area contributed by atoms with Crippen molar-refractivity contribution in [3.8, 4) is 39.8 Å². The molecule has 1 spiro atoms. The molecule has 3 heterocycles. The minimum absolute atomic E-state index is 0.0304. The maximum absolute atomic E-state index is 15.4. The van der Waals surface area contributed by atoms with Crippen molar-refractivity contribution in [1.29, 1.82) is 5.26 Å². The molecule has 0 aliphatic carbocycles. The molecule has 0 amide bonds. The van der Waals surface area contributed by atoms with E-state index in [0.717, 1.165) is 16.7 Å². The third-order valence-corrected chi connectivity index (χ3v) is 6.22. The Balaban J connectivity index is 1.57. The van der Waals surface area contributed by atoms with Gasteiger partial charge in [-0.1, -0.05) is 18.2 Å². The third kappa shape index (κ3) is 2.94. The van der Waals surface area contributed by atoms with Crippen LogP contribution in [0.3, 0.4) is 0 Å². The van der Waals surface area contributed by atoms with E-state index in [0.29, 0.717) is 28.0 Å². The number of aryl methyl sites for hydroxylation is 1. The van der Waals surface area contributed by atoms with Gasteiger partial charge in [-0.25, -0.2) is 9.38 Å². The fourth-order valence-electron chi connectivity index (χ4n) is 4.59. The van der Waals surface area contributed by atoms with Gasteiger partial charge in [-0.3, -0.25) is 4.68 Å². The lowest BCUT2D eigenvalue weighted by Gasteiger charge is -2.34. The van der Waals surface area contributed by atoms with Crippen LogP contribution in [0.2, 0.25) is 0 Å². The van der Waals surface area contributed by atoms with E-state index in [9.17, 15) is 5.26 Å². The molecule has 6 rings (SSSR count). The van der Waals surface area contributed by atoms with Gasteiger partial charge in [0.25, 0.3) is 6.02 Å². The zero-order valence-corrected chi connectivity index (χ0v) is 18.1. The second kappa shape index (κ2) is 7.18. The molecule has 2 aliphatic rings.